The molecular formula is C18H23N3O4. The van der Waals surface area contributed by atoms with Crippen LogP contribution in [0.4, 0.5) is 0 Å². The van der Waals surface area contributed by atoms with E-state index in [9.17, 15) is 9.90 Å². The Bertz CT molecular complexity index is 735. The van der Waals surface area contributed by atoms with Gasteiger partial charge in [0.05, 0.1) is 24.9 Å². The molecular weight excluding hydrogens is 322 g/mol. The normalized spacial score (nSPS) is 20.6. The number of aromatic nitrogens is 2. The first kappa shape index (κ1) is 17.4. The summed E-state index contributed by atoms with van der Waals surface area (Å²) in [6, 6.07) is 3.43. The maximum atomic E-state index is 12.8. The van der Waals surface area contributed by atoms with Crippen LogP contribution in [-0.4, -0.2) is 34.4 Å². The molecule has 134 valence electrons. The third kappa shape index (κ3) is 3.51. The predicted octanol–water partition coefficient (Wildman–Crippen LogP) is 2.19. The van der Waals surface area contributed by atoms with E-state index in [1.165, 1.54) is 0 Å². The fourth-order valence-corrected chi connectivity index (χ4v) is 3.24. The topological polar surface area (TPSA) is 97.5 Å². The smallest absolute Gasteiger partial charge is 0.257 e. The fourth-order valence-electron chi connectivity index (χ4n) is 3.24. The average Bonchev–Trinajstić information content (AvgIpc) is 2.98. The fraction of sp³-hybridized carbons (Fsp3) is 0.500. The van der Waals surface area contributed by atoms with Crippen molar-refractivity contribution < 1.29 is 19.2 Å². The summed E-state index contributed by atoms with van der Waals surface area (Å²) in [6.45, 7) is 3.67. The summed E-state index contributed by atoms with van der Waals surface area (Å²) in [5, 5.41) is 16.7. The van der Waals surface area contributed by atoms with E-state index in [0.717, 1.165) is 5.56 Å². The molecule has 1 fully saturated rings. The van der Waals surface area contributed by atoms with Gasteiger partial charge < -0.3 is 19.7 Å². The van der Waals surface area contributed by atoms with Crippen LogP contribution in [0.2, 0.25) is 0 Å². The number of carbonyl (C=O) groups excluding carboxylic acids is 1. The summed E-state index contributed by atoms with van der Waals surface area (Å²) in [5.74, 6) is 0.984. The van der Waals surface area contributed by atoms with Crippen molar-refractivity contribution in [1.82, 2.24) is 15.5 Å². The van der Waals surface area contributed by atoms with Crippen LogP contribution in [0.3, 0.4) is 0 Å². The standard InChI is InChI=1S/C18H23N3O4/c1-4-14-16(10(2)25-21-14)18(23)20-17(12-7-13(22)8-12)11-5-6-15(24-3)19-9-11/h5-6,9,12-13,17,22H,4,7-8H2,1-3H3,(H,20,23). The van der Waals surface area contributed by atoms with Crippen molar-refractivity contribution in [3.63, 3.8) is 0 Å². The lowest BCUT2D eigenvalue weighted by Crippen LogP contribution is -2.41. The largest absolute Gasteiger partial charge is 0.481 e. The van der Waals surface area contributed by atoms with Crippen LogP contribution in [0, 0.1) is 12.8 Å². The number of nitrogens with one attached hydrogen (secondary N) is 1. The molecule has 25 heavy (non-hydrogen) atoms. The Labute approximate surface area is 146 Å². The lowest BCUT2D eigenvalue weighted by molar-refractivity contribution is 0.0234. The second-order valence-corrected chi connectivity index (χ2v) is 6.38. The highest BCUT2D eigenvalue weighted by Crippen LogP contribution is 2.38. The number of methoxy groups -OCH3 is 1. The number of hydrogen-bond acceptors (Lipinski definition) is 6. The van der Waals surface area contributed by atoms with Crippen LogP contribution in [0.1, 0.15) is 53.2 Å². The van der Waals surface area contributed by atoms with Gasteiger partial charge in [0.1, 0.15) is 11.3 Å². The Balaban J connectivity index is 1.84. The van der Waals surface area contributed by atoms with Crippen molar-refractivity contribution >= 4 is 5.91 Å². The Morgan fingerprint density at radius 1 is 1.48 bits per heavy atom. The highest BCUT2D eigenvalue weighted by molar-refractivity contribution is 5.96. The van der Waals surface area contributed by atoms with Crippen LogP contribution in [0.25, 0.3) is 0 Å². The number of amides is 1. The maximum absolute atomic E-state index is 12.8. The second-order valence-electron chi connectivity index (χ2n) is 6.38. The lowest BCUT2D eigenvalue weighted by atomic mass is 9.75. The molecule has 2 aromatic heterocycles. The van der Waals surface area contributed by atoms with E-state index in [1.807, 2.05) is 13.0 Å². The minimum Gasteiger partial charge on any atom is -0.481 e. The Morgan fingerprint density at radius 3 is 2.80 bits per heavy atom. The molecule has 3 rings (SSSR count). The predicted molar refractivity (Wildman–Crippen MR) is 90.3 cm³/mol. The quantitative estimate of drug-likeness (QED) is 0.833. The van der Waals surface area contributed by atoms with Gasteiger partial charge in [0.25, 0.3) is 5.91 Å². The van der Waals surface area contributed by atoms with Gasteiger partial charge in [0, 0.05) is 12.3 Å². The van der Waals surface area contributed by atoms with Crippen molar-refractivity contribution in [2.45, 2.75) is 45.3 Å². The van der Waals surface area contributed by atoms with Crippen LogP contribution in [0.15, 0.2) is 22.9 Å². The van der Waals surface area contributed by atoms with Gasteiger partial charge in [-0.15, -0.1) is 0 Å². The first-order chi connectivity index (χ1) is 12.0. The molecule has 7 nitrogen and oxygen atoms in total. The van der Waals surface area contributed by atoms with Gasteiger partial charge in [0.2, 0.25) is 5.88 Å². The van der Waals surface area contributed by atoms with Crippen LogP contribution >= 0.6 is 0 Å². The van der Waals surface area contributed by atoms with Crippen molar-refractivity contribution in [1.29, 1.82) is 0 Å². The molecule has 2 heterocycles. The Kier molecular flexibility index (Phi) is 5.03. The number of hydrogen-bond donors (Lipinski definition) is 2. The number of ether oxygens (including phenoxy) is 1. The van der Waals surface area contributed by atoms with Crippen molar-refractivity contribution in [3.05, 3.63) is 40.9 Å². The number of carbonyl (C=O) groups is 1. The van der Waals surface area contributed by atoms with Gasteiger partial charge in [-0.2, -0.15) is 0 Å². The number of rotatable bonds is 6. The zero-order valence-corrected chi connectivity index (χ0v) is 14.7. The number of pyridine rings is 1. The molecule has 0 spiro atoms. The zero-order chi connectivity index (χ0) is 18.0. The van der Waals surface area contributed by atoms with Crippen molar-refractivity contribution in [2.75, 3.05) is 7.11 Å². The highest BCUT2D eigenvalue weighted by Gasteiger charge is 2.36. The van der Waals surface area contributed by atoms with E-state index < -0.39 is 0 Å². The molecule has 2 aromatic rings. The maximum Gasteiger partial charge on any atom is 0.257 e. The van der Waals surface area contributed by atoms with Crippen molar-refractivity contribution in [2.24, 2.45) is 5.92 Å². The molecule has 0 bridgehead atoms. The molecule has 0 aromatic carbocycles. The minimum absolute atomic E-state index is 0.166. The number of aliphatic hydroxyl groups excluding tert-OH is 1. The lowest BCUT2D eigenvalue weighted by Gasteiger charge is -2.38. The monoisotopic (exact) mass is 345 g/mol. The Hall–Kier alpha value is -2.41. The van der Waals surface area contributed by atoms with Gasteiger partial charge in [0.15, 0.2) is 0 Å². The average molecular weight is 345 g/mol. The number of aryl methyl sites for hydroxylation is 2. The van der Waals surface area contributed by atoms with Gasteiger partial charge in [-0.25, -0.2) is 4.98 Å². The van der Waals surface area contributed by atoms with Crippen LogP contribution in [-0.2, 0) is 6.42 Å². The molecule has 2 N–H and O–H groups in total. The molecule has 1 unspecified atom stereocenters. The molecule has 0 aliphatic heterocycles. The summed E-state index contributed by atoms with van der Waals surface area (Å²) in [6.07, 6.45) is 3.33. The number of nitrogens with zero attached hydrogens (tertiary/aromatic N) is 2. The Morgan fingerprint density at radius 2 is 2.24 bits per heavy atom. The molecule has 0 saturated heterocycles. The summed E-state index contributed by atoms with van der Waals surface area (Å²) < 4.78 is 10.3. The van der Waals surface area contributed by atoms with E-state index in [0.29, 0.717) is 42.2 Å². The minimum atomic E-state index is -0.306. The van der Waals surface area contributed by atoms with Crippen molar-refractivity contribution in [3.8, 4) is 5.88 Å². The zero-order valence-electron chi connectivity index (χ0n) is 14.7. The third-order valence-corrected chi connectivity index (χ3v) is 4.73. The molecule has 1 aliphatic carbocycles. The van der Waals surface area contributed by atoms with Crippen LogP contribution < -0.4 is 10.1 Å². The molecule has 0 radical (unpaired) electrons. The van der Waals surface area contributed by atoms with E-state index in [4.69, 9.17) is 9.26 Å². The molecule has 1 amide bonds. The van der Waals surface area contributed by atoms with Crippen LogP contribution in [0.5, 0.6) is 5.88 Å². The highest BCUT2D eigenvalue weighted by atomic mass is 16.5. The first-order valence-electron chi connectivity index (χ1n) is 8.47. The molecule has 1 saturated carbocycles. The van der Waals surface area contributed by atoms with Gasteiger partial charge in [-0.05, 0) is 37.7 Å². The van der Waals surface area contributed by atoms with E-state index in [1.54, 1.807) is 26.3 Å². The summed E-state index contributed by atoms with van der Waals surface area (Å²) >= 11 is 0. The van der Waals surface area contributed by atoms with Gasteiger partial charge in [-0.3, -0.25) is 4.79 Å². The van der Waals surface area contributed by atoms with E-state index >= 15 is 0 Å². The molecule has 7 heteroatoms. The summed E-state index contributed by atoms with van der Waals surface area (Å²) in [4.78, 5) is 17.1. The summed E-state index contributed by atoms with van der Waals surface area (Å²) in [5.41, 5.74) is 2.03. The third-order valence-electron chi connectivity index (χ3n) is 4.73. The van der Waals surface area contributed by atoms with Gasteiger partial charge in [-0.1, -0.05) is 18.1 Å². The SMILES string of the molecule is CCc1noc(C)c1C(=O)NC(c1ccc(OC)nc1)C1CC(O)C1. The van der Waals surface area contributed by atoms with E-state index in [2.05, 4.69) is 15.5 Å². The first-order valence-corrected chi connectivity index (χ1v) is 8.47. The summed E-state index contributed by atoms with van der Waals surface area (Å²) in [7, 11) is 1.56. The van der Waals surface area contributed by atoms with E-state index in [-0.39, 0.29) is 24.0 Å². The number of aliphatic hydroxyl groups is 1. The van der Waals surface area contributed by atoms with Gasteiger partial charge >= 0.3 is 0 Å². The molecule has 1 aliphatic rings. The second kappa shape index (κ2) is 7.23. The molecule has 1 atom stereocenters.